The molecule has 0 atom stereocenters. The first-order valence-corrected chi connectivity index (χ1v) is 11.7. The maximum Gasteiger partial charge on any atom is 0.312 e. The van der Waals surface area contributed by atoms with Crippen molar-refractivity contribution in [3.8, 4) is 5.75 Å². The number of benzene rings is 1. The Morgan fingerprint density at radius 1 is 1.03 bits per heavy atom. The molecule has 0 spiro atoms. The summed E-state index contributed by atoms with van der Waals surface area (Å²) in [4.78, 5) is 39.7. The number of methoxy groups -OCH3 is 1. The Hall–Kier alpha value is -2.77. The second-order valence-corrected chi connectivity index (χ2v) is 9.60. The van der Waals surface area contributed by atoms with Crippen LogP contribution in [0.2, 0.25) is 0 Å². The second-order valence-electron chi connectivity index (χ2n) is 7.66. The summed E-state index contributed by atoms with van der Waals surface area (Å²) in [6, 6.07) is 3.56. The van der Waals surface area contributed by atoms with Crippen molar-refractivity contribution >= 4 is 27.5 Å². The van der Waals surface area contributed by atoms with Crippen LogP contribution in [0.1, 0.15) is 6.92 Å². The van der Waals surface area contributed by atoms with Crippen LogP contribution < -0.4 is 4.74 Å². The van der Waals surface area contributed by atoms with E-state index in [1.807, 2.05) is 4.90 Å². The van der Waals surface area contributed by atoms with Crippen molar-refractivity contribution in [1.82, 2.24) is 19.0 Å². The van der Waals surface area contributed by atoms with E-state index in [4.69, 9.17) is 4.74 Å². The lowest BCUT2D eigenvalue weighted by Gasteiger charge is -2.37. The van der Waals surface area contributed by atoms with Crippen LogP contribution >= 0.6 is 0 Å². The molecule has 0 N–H and O–H groups in total. The summed E-state index contributed by atoms with van der Waals surface area (Å²) in [5.74, 6) is -0.0617. The molecule has 12 nitrogen and oxygen atoms in total. The Kier molecular flexibility index (Phi) is 7.31. The first-order chi connectivity index (χ1) is 15.1. The number of nitro benzene ring substituents is 1. The Bertz CT molecular complexity index is 984. The lowest BCUT2D eigenvalue weighted by molar-refractivity contribution is -0.386. The van der Waals surface area contributed by atoms with Crippen molar-refractivity contribution in [2.75, 3.05) is 66.0 Å². The lowest BCUT2D eigenvalue weighted by Crippen LogP contribution is -2.54. The van der Waals surface area contributed by atoms with Gasteiger partial charge in [0, 0.05) is 65.3 Å². The summed E-state index contributed by atoms with van der Waals surface area (Å²) in [5, 5.41) is 11.2. The molecule has 3 rings (SSSR count). The Labute approximate surface area is 186 Å². The minimum absolute atomic E-state index is 0.00313. The number of hydrogen-bond donors (Lipinski definition) is 0. The fourth-order valence-corrected chi connectivity index (χ4v) is 5.25. The molecule has 0 aromatic heterocycles. The van der Waals surface area contributed by atoms with Crippen LogP contribution in [0.4, 0.5) is 5.69 Å². The third-order valence-corrected chi connectivity index (χ3v) is 7.65. The molecule has 176 valence electrons. The van der Waals surface area contributed by atoms with Gasteiger partial charge in [-0.1, -0.05) is 0 Å². The van der Waals surface area contributed by atoms with Crippen LogP contribution in [0.5, 0.6) is 5.75 Å². The van der Waals surface area contributed by atoms with E-state index >= 15 is 0 Å². The number of ether oxygens (including phenoxy) is 1. The van der Waals surface area contributed by atoms with Crippen molar-refractivity contribution in [1.29, 1.82) is 0 Å². The van der Waals surface area contributed by atoms with Gasteiger partial charge in [-0.3, -0.25) is 24.6 Å². The van der Waals surface area contributed by atoms with Gasteiger partial charge in [0.05, 0.1) is 23.5 Å². The molecule has 2 fully saturated rings. The molecular formula is C19H27N5O7S. The van der Waals surface area contributed by atoms with Gasteiger partial charge in [0.15, 0.2) is 5.75 Å². The van der Waals surface area contributed by atoms with Crippen molar-refractivity contribution < 1.29 is 27.7 Å². The van der Waals surface area contributed by atoms with Gasteiger partial charge in [0.2, 0.25) is 21.8 Å². The highest BCUT2D eigenvalue weighted by atomic mass is 32.2. The molecule has 2 saturated heterocycles. The van der Waals surface area contributed by atoms with Crippen LogP contribution in [0, 0.1) is 10.1 Å². The number of carbonyl (C=O) groups excluding carboxylic acids is 2. The fraction of sp³-hybridized carbons (Fsp3) is 0.579. The number of nitro groups is 1. The highest BCUT2D eigenvalue weighted by Crippen LogP contribution is 2.30. The van der Waals surface area contributed by atoms with Gasteiger partial charge in [0.1, 0.15) is 0 Å². The summed E-state index contributed by atoms with van der Waals surface area (Å²) >= 11 is 0. The second kappa shape index (κ2) is 9.79. The average molecular weight is 470 g/mol. The number of carbonyl (C=O) groups is 2. The average Bonchev–Trinajstić information content (AvgIpc) is 2.78. The molecule has 32 heavy (non-hydrogen) atoms. The van der Waals surface area contributed by atoms with Crippen molar-refractivity contribution in [2.24, 2.45) is 0 Å². The van der Waals surface area contributed by atoms with Gasteiger partial charge < -0.3 is 14.5 Å². The van der Waals surface area contributed by atoms with Gasteiger partial charge >= 0.3 is 5.69 Å². The summed E-state index contributed by atoms with van der Waals surface area (Å²) in [6.07, 6.45) is 0. The highest BCUT2D eigenvalue weighted by molar-refractivity contribution is 7.89. The van der Waals surface area contributed by atoms with Gasteiger partial charge in [-0.15, -0.1) is 0 Å². The van der Waals surface area contributed by atoms with Crippen LogP contribution in [0.3, 0.4) is 0 Å². The molecule has 1 aromatic carbocycles. The zero-order valence-corrected chi connectivity index (χ0v) is 18.9. The van der Waals surface area contributed by atoms with Gasteiger partial charge in [-0.25, -0.2) is 8.42 Å². The number of piperazine rings is 2. The SMILES string of the molecule is COc1ccc(S(=O)(=O)N2CCN(CC(=O)N3CCN(C(C)=O)CC3)CC2)cc1[N+](=O)[O-]. The summed E-state index contributed by atoms with van der Waals surface area (Å²) < 4.78 is 32.1. The van der Waals surface area contributed by atoms with Gasteiger partial charge in [-0.2, -0.15) is 4.31 Å². The quantitative estimate of drug-likeness (QED) is 0.406. The van der Waals surface area contributed by atoms with Crippen molar-refractivity contribution in [3.05, 3.63) is 28.3 Å². The molecule has 1 aromatic rings. The number of rotatable bonds is 6. The van der Waals surface area contributed by atoms with E-state index < -0.39 is 20.6 Å². The molecule has 0 radical (unpaired) electrons. The normalized spacial score (nSPS) is 18.4. The molecule has 0 bridgehead atoms. The number of amides is 2. The fourth-order valence-electron chi connectivity index (χ4n) is 3.81. The maximum absolute atomic E-state index is 13.0. The Balaban J connectivity index is 1.57. The predicted octanol–water partition coefficient (Wildman–Crippen LogP) is -0.400. The molecule has 0 unspecified atom stereocenters. The first kappa shape index (κ1) is 23.9. The van der Waals surface area contributed by atoms with Crippen LogP contribution in [-0.2, 0) is 19.6 Å². The number of hydrogen-bond acceptors (Lipinski definition) is 8. The smallest absolute Gasteiger partial charge is 0.312 e. The molecule has 2 heterocycles. The van der Waals surface area contributed by atoms with Crippen LogP contribution in [-0.4, -0.2) is 110 Å². The van der Waals surface area contributed by atoms with Crippen LogP contribution in [0.15, 0.2) is 23.1 Å². The van der Waals surface area contributed by atoms with E-state index in [9.17, 15) is 28.1 Å². The van der Waals surface area contributed by atoms with Crippen LogP contribution in [0.25, 0.3) is 0 Å². The third-order valence-electron chi connectivity index (χ3n) is 5.75. The Morgan fingerprint density at radius 3 is 2.16 bits per heavy atom. The predicted molar refractivity (Wildman–Crippen MR) is 114 cm³/mol. The minimum Gasteiger partial charge on any atom is -0.490 e. The van der Waals surface area contributed by atoms with Gasteiger partial charge in [0.25, 0.3) is 0 Å². The number of nitrogens with zero attached hydrogens (tertiary/aromatic N) is 5. The molecule has 13 heteroatoms. The molecule has 2 amide bonds. The van der Waals surface area contributed by atoms with E-state index in [2.05, 4.69) is 0 Å². The molecule has 2 aliphatic rings. The summed E-state index contributed by atoms with van der Waals surface area (Å²) in [6.45, 7) is 4.79. The lowest BCUT2D eigenvalue weighted by atomic mass is 10.3. The van der Waals surface area contributed by atoms with Crippen molar-refractivity contribution in [2.45, 2.75) is 11.8 Å². The molecule has 0 aliphatic carbocycles. The summed E-state index contributed by atoms with van der Waals surface area (Å²) in [7, 11) is -2.64. The largest absolute Gasteiger partial charge is 0.490 e. The van der Waals surface area contributed by atoms with Crippen molar-refractivity contribution in [3.63, 3.8) is 0 Å². The standard InChI is InChI=1S/C19H27N5O7S/c1-15(25)21-7-9-22(10-8-21)19(26)14-20-5-11-23(12-6-20)32(29,30)16-3-4-18(31-2)17(13-16)24(27)28/h3-4,13H,5-12,14H2,1-2H3. The molecular weight excluding hydrogens is 442 g/mol. The van der Waals surface area contributed by atoms with E-state index in [1.165, 1.54) is 30.5 Å². The zero-order chi connectivity index (χ0) is 23.5. The number of sulfonamides is 1. The Morgan fingerprint density at radius 2 is 1.62 bits per heavy atom. The first-order valence-electron chi connectivity index (χ1n) is 10.2. The molecule has 0 saturated carbocycles. The van der Waals surface area contributed by atoms with E-state index in [1.54, 1.807) is 9.80 Å². The summed E-state index contributed by atoms with van der Waals surface area (Å²) in [5.41, 5.74) is -0.414. The topological polar surface area (TPSA) is 134 Å². The van der Waals surface area contributed by atoms with Gasteiger partial charge in [-0.05, 0) is 12.1 Å². The third kappa shape index (κ3) is 5.16. The maximum atomic E-state index is 13.0. The monoisotopic (exact) mass is 469 g/mol. The van der Waals surface area contributed by atoms with E-state index in [0.29, 0.717) is 39.3 Å². The van der Waals surface area contributed by atoms with E-state index in [0.717, 1.165) is 6.07 Å². The zero-order valence-electron chi connectivity index (χ0n) is 18.1. The highest BCUT2D eigenvalue weighted by Gasteiger charge is 2.32. The minimum atomic E-state index is -3.92. The van der Waals surface area contributed by atoms with E-state index in [-0.39, 0.29) is 42.1 Å². The molecule has 2 aliphatic heterocycles.